The van der Waals surface area contributed by atoms with E-state index in [1.165, 1.54) is 11.3 Å². The molecule has 1 aromatic rings. The van der Waals surface area contributed by atoms with Gasteiger partial charge in [0.1, 0.15) is 0 Å². The number of nitriles is 1. The summed E-state index contributed by atoms with van der Waals surface area (Å²) in [5.74, 6) is 0.570. The van der Waals surface area contributed by atoms with Crippen LogP contribution in [0.15, 0.2) is 24.3 Å². The molecule has 16 heavy (non-hydrogen) atoms. The summed E-state index contributed by atoms with van der Waals surface area (Å²) < 4.78 is 0. The average Bonchev–Trinajstić information content (AvgIpc) is 2.29. The second kappa shape index (κ2) is 6.90. The smallest absolute Gasteiger partial charge is 0.0621 e. The Morgan fingerprint density at radius 1 is 1.31 bits per heavy atom. The zero-order valence-corrected chi connectivity index (χ0v) is 10.2. The third-order valence-electron chi connectivity index (χ3n) is 2.60. The van der Waals surface area contributed by atoms with Gasteiger partial charge in [0.2, 0.25) is 0 Å². The highest BCUT2D eigenvalue weighted by atomic mass is 14.9. The van der Waals surface area contributed by atoms with Gasteiger partial charge in [-0.25, -0.2) is 0 Å². The second-order valence-corrected chi connectivity index (χ2v) is 4.32. The molecule has 0 bridgehead atoms. The van der Waals surface area contributed by atoms with Gasteiger partial charge in [-0.1, -0.05) is 26.0 Å². The Morgan fingerprint density at radius 3 is 2.81 bits per heavy atom. The summed E-state index contributed by atoms with van der Waals surface area (Å²) in [4.78, 5) is 0. The van der Waals surface area contributed by atoms with E-state index < -0.39 is 0 Å². The van der Waals surface area contributed by atoms with Crippen LogP contribution in [-0.4, -0.2) is 6.54 Å². The van der Waals surface area contributed by atoms with Crippen molar-refractivity contribution < 1.29 is 0 Å². The van der Waals surface area contributed by atoms with Crippen LogP contribution in [0.4, 0.5) is 5.69 Å². The number of hydrogen-bond acceptors (Lipinski definition) is 2. The van der Waals surface area contributed by atoms with Crippen LogP contribution in [-0.2, 0) is 0 Å². The van der Waals surface area contributed by atoms with Gasteiger partial charge >= 0.3 is 0 Å². The van der Waals surface area contributed by atoms with Crippen LogP contribution in [0.5, 0.6) is 0 Å². The summed E-state index contributed by atoms with van der Waals surface area (Å²) in [6, 6.07) is 10.7. The van der Waals surface area contributed by atoms with Crippen LogP contribution in [0.3, 0.4) is 0 Å². The lowest BCUT2D eigenvalue weighted by Gasteiger charge is -2.09. The van der Waals surface area contributed by atoms with Gasteiger partial charge in [-0.3, -0.25) is 0 Å². The summed E-state index contributed by atoms with van der Waals surface area (Å²) in [6.07, 6.45) is 2.69. The molecule has 2 nitrogen and oxygen atoms in total. The largest absolute Gasteiger partial charge is 0.385 e. The van der Waals surface area contributed by atoms with Crippen molar-refractivity contribution >= 4 is 5.69 Å². The standard InChI is InChI=1S/C14H20N2/c1-12(2)13-7-6-8-14(11-13)16-10-5-3-4-9-15/h6-8,11-12,16H,3-5,10H2,1-2H3. The lowest BCUT2D eigenvalue weighted by atomic mass is 10.0. The maximum absolute atomic E-state index is 8.41. The van der Waals surface area contributed by atoms with E-state index in [-0.39, 0.29) is 0 Å². The molecule has 0 aliphatic rings. The van der Waals surface area contributed by atoms with Gasteiger partial charge in [-0.15, -0.1) is 0 Å². The average molecular weight is 216 g/mol. The summed E-state index contributed by atoms with van der Waals surface area (Å²) in [7, 11) is 0. The third-order valence-corrected chi connectivity index (χ3v) is 2.60. The number of nitrogens with one attached hydrogen (secondary N) is 1. The Morgan fingerprint density at radius 2 is 2.12 bits per heavy atom. The van der Waals surface area contributed by atoms with Gasteiger partial charge in [-0.2, -0.15) is 5.26 Å². The molecule has 0 aliphatic heterocycles. The maximum Gasteiger partial charge on any atom is 0.0621 e. The molecule has 0 spiro atoms. The summed E-state index contributed by atoms with van der Waals surface area (Å²) in [5, 5.41) is 11.8. The van der Waals surface area contributed by atoms with Gasteiger partial charge in [0.05, 0.1) is 6.07 Å². The van der Waals surface area contributed by atoms with Crippen molar-refractivity contribution in [2.24, 2.45) is 0 Å². The molecular weight excluding hydrogens is 196 g/mol. The minimum absolute atomic E-state index is 0.570. The number of nitrogens with zero attached hydrogens (tertiary/aromatic N) is 1. The first-order chi connectivity index (χ1) is 7.74. The molecule has 0 saturated heterocycles. The number of rotatable bonds is 6. The van der Waals surface area contributed by atoms with E-state index in [9.17, 15) is 0 Å². The highest BCUT2D eigenvalue weighted by Gasteiger charge is 1.99. The number of unbranched alkanes of at least 4 members (excludes halogenated alkanes) is 2. The van der Waals surface area contributed by atoms with Crippen molar-refractivity contribution in [3.8, 4) is 6.07 Å². The molecular formula is C14H20N2. The Balaban J connectivity index is 2.37. The van der Waals surface area contributed by atoms with E-state index in [0.717, 1.165) is 19.4 Å². The van der Waals surface area contributed by atoms with Crippen LogP contribution < -0.4 is 5.32 Å². The van der Waals surface area contributed by atoms with Crippen LogP contribution in [0.1, 0.15) is 44.6 Å². The van der Waals surface area contributed by atoms with Crippen LogP contribution >= 0.6 is 0 Å². The van der Waals surface area contributed by atoms with Crippen molar-refractivity contribution in [1.29, 1.82) is 5.26 Å². The summed E-state index contributed by atoms with van der Waals surface area (Å²) >= 11 is 0. The maximum atomic E-state index is 8.41. The van der Waals surface area contributed by atoms with Gasteiger partial charge in [0.15, 0.2) is 0 Å². The van der Waals surface area contributed by atoms with E-state index in [2.05, 4.69) is 49.5 Å². The van der Waals surface area contributed by atoms with Gasteiger partial charge in [0.25, 0.3) is 0 Å². The topological polar surface area (TPSA) is 35.8 Å². The molecule has 1 aromatic carbocycles. The van der Waals surface area contributed by atoms with Crippen molar-refractivity contribution in [2.45, 2.75) is 39.0 Å². The fourth-order valence-corrected chi connectivity index (χ4v) is 1.57. The molecule has 1 N–H and O–H groups in total. The fourth-order valence-electron chi connectivity index (χ4n) is 1.57. The molecule has 1 rings (SSSR count). The molecule has 0 heterocycles. The quantitative estimate of drug-likeness (QED) is 0.732. The number of hydrogen-bond donors (Lipinski definition) is 1. The van der Waals surface area contributed by atoms with E-state index in [4.69, 9.17) is 5.26 Å². The predicted octanol–water partition coefficient (Wildman–Crippen LogP) is 3.92. The van der Waals surface area contributed by atoms with Gasteiger partial charge in [0, 0.05) is 18.7 Å². The van der Waals surface area contributed by atoms with Crippen molar-refractivity contribution in [3.63, 3.8) is 0 Å². The first-order valence-electron chi connectivity index (χ1n) is 5.95. The van der Waals surface area contributed by atoms with Gasteiger partial charge in [-0.05, 0) is 36.5 Å². The first kappa shape index (κ1) is 12.6. The van der Waals surface area contributed by atoms with E-state index in [0.29, 0.717) is 12.3 Å². The normalized spacial score (nSPS) is 10.1. The molecule has 86 valence electrons. The van der Waals surface area contributed by atoms with Crippen molar-refractivity contribution in [3.05, 3.63) is 29.8 Å². The lowest BCUT2D eigenvalue weighted by Crippen LogP contribution is -2.01. The molecule has 0 aromatic heterocycles. The Kier molecular flexibility index (Phi) is 5.42. The highest BCUT2D eigenvalue weighted by molar-refractivity contribution is 5.46. The minimum Gasteiger partial charge on any atom is -0.385 e. The Bertz CT molecular complexity index is 350. The van der Waals surface area contributed by atoms with Crippen LogP contribution in [0.2, 0.25) is 0 Å². The third kappa shape index (κ3) is 4.35. The first-order valence-corrected chi connectivity index (χ1v) is 5.95. The lowest BCUT2D eigenvalue weighted by molar-refractivity contribution is 0.784. The molecule has 0 aliphatic carbocycles. The number of anilines is 1. The molecule has 0 radical (unpaired) electrons. The summed E-state index contributed by atoms with van der Waals surface area (Å²) in [6.45, 7) is 5.35. The second-order valence-electron chi connectivity index (χ2n) is 4.32. The monoisotopic (exact) mass is 216 g/mol. The fraction of sp³-hybridized carbons (Fsp3) is 0.500. The molecule has 0 unspecified atom stereocenters. The molecule has 0 atom stereocenters. The molecule has 2 heteroatoms. The van der Waals surface area contributed by atoms with Crippen LogP contribution in [0, 0.1) is 11.3 Å². The SMILES string of the molecule is CC(C)c1cccc(NCCCCC#N)c1. The Hall–Kier alpha value is -1.49. The van der Waals surface area contributed by atoms with Crippen molar-refractivity contribution in [2.75, 3.05) is 11.9 Å². The number of benzene rings is 1. The zero-order valence-electron chi connectivity index (χ0n) is 10.2. The van der Waals surface area contributed by atoms with E-state index >= 15 is 0 Å². The minimum atomic E-state index is 0.570. The summed E-state index contributed by atoms with van der Waals surface area (Å²) in [5.41, 5.74) is 2.55. The Labute approximate surface area is 98.3 Å². The van der Waals surface area contributed by atoms with E-state index in [1.54, 1.807) is 0 Å². The zero-order chi connectivity index (χ0) is 11.8. The molecule has 0 amide bonds. The molecule has 0 saturated carbocycles. The van der Waals surface area contributed by atoms with E-state index in [1.807, 2.05) is 0 Å². The van der Waals surface area contributed by atoms with Crippen LogP contribution in [0.25, 0.3) is 0 Å². The van der Waals surface area contributed by atoms with Gasteiger partial charge < -0.3 is 5.32 Å². The molecule has 0 fully saturated rings. The highest BCUT2D eigenvalue weighted by Crippen LogP contribution is 2.18. The predicted molar refractivity (Wildman–Crippen MR) is 68.5 cm³/mol. The van der Waals surface area contributed by atoms with Crippen molar-refractivity contribution in [1.82, 2.24) is 0 Å².